The molecule has 1 aliphatic heterocycles. The normalized spacial score (nSPS) is 13.8. The molecule has 8 heteroatoms. The summed E-state index contributed by atoms with van der Waals surface area (Å²) in [6.07, 6.45) is -4.87. The van der Waals surface area contributed by atoms with Crippen molar-refractivity contribution in [3.63, 3.8) is 0 Å². The summed E-state index contributed by atoms with van der Waals surface area (Å²) in [5.74, 6) is -1.61. The van der Waals surface area contributed by atoms with Gasteiger partial charge in [0.05, 0.1) is 17.8 Å². The third kappa shape index (κ3) is 3.79. The Bertz CT molecular complexity index is 847. The molecule has 0 atom stereocenters. The van der Waals surface area contributed by atoms with Crippen molar-refractivity contribution in [2.45, 2.75) is 13.3 Å². The number of ether oxygens (including phenoxy) is 2. The van der Waals surface area contributed by atoms with Crippen molar-refractivity contribution >= 4 is 17.4 Å². The van der Waals surface area contributed by atoms with Gasteiger partial charge in [-0.2, -0.15) is 0 Å². The van der Waals surface area contributed by atoms with E-state index in [1.54, 1.807) is 12.1 Å². The van der Waals surface area contributed by atoms with Gasteiger partial charge in [0.15, 0.2) is 0 Å². The van der Waals surface area contributed by atoms with Gasteiger partial charge in [0.25, 0.3) is 11.7 Å². The van der Waals surface area contributed by atoms with Gasteiger partial charge in [0, 0.05) is 0 Å². The first-order chi connectivity index (χ1) is 12.2. The number of fused-ring (bicyclic) bond motifs is 1. The van der Waals surface area contributed by atoms with Gasteiger partial charge >= 0.3 is 6.36 Å². The number of carbonyl (C=O) groups excluding carboxylic acids is 2. The zero-order valence-electron chi connectivity index (χ0n) is 13.7. The van der Waals surface area contributed by atoms with Gasteiger partial charge in [-0.3, -0.25) is 9.59 Å². The largest absolute Gasteiger partial charge is 0.573 e. The van der Waals surface area contributed by atoms with Gasteiger partial charge in [-0.1, -0.05) is 17.7 Å². The molecule has 2 aromatic carbocycles. The summed E-state index contributed by atoms with van der Waals surface area (Å²) in [4.78, 5) is 25.3. The molecule has 3 rings (SSSR count). The maximum absolute atomic E-state index is 12.3. The molecule has 136 valence electrons. The molecule has 0 bridgehead atoms. The van der Waals surface area contributed by atoms with E-state index in [0.717, 1.165) is 17.7 Å². The van der Waals surface area contributed by atoms with Crippen LogP contribution in [0.1, 0.15) is 15.9 Å². The number of benzene rings is 2. The fourth-order valence-electron chi connectivity index (χ4n) is 2.59. The number of Topliss-reactive ketones (excluding diaryl/α,β-unsaturated/α-hetero) is 1. The maximum atomic E-state index is 12.3. The van der Waals surface area contributed by atoms with Gasteiger partial charge in [0.1, 0.15) is 18.1 Å². The Morgan fingerprint density at radius 2 is 1.65 bits per heavy atom. The van der Waals surface area contributed by atoms with Crippen LogP contribution in [0.25, 0.3) is 0 Å². The van der Waals surface area contributed by atoms with Crippen molar-refractivity contribution in [1.29, 1.82) is 0 Å². The number of ketones is 1. The quantitative estimate of drug-likeness (QED) is 0.761. The molecule has 0 unspecified atom stereocenters. The topological polar surface area (TPSA) is 55.8 Å². The Balaban J connectivity index is 1.71. The van der Waals surface area contributed by atoms with Crippen LogP contribution >= 0.6 is 0 Å². The number of halogens is 3. The molecule has 2 aromatic rings. The van der Waals surface area contributed by atoms with Gasteiger partial charge < -0.3 is 14.4 Å². The molecule has 1 amide bonds. The number of carbonyl (C=O) groups is 2. The van der Waals surface area contributed by atoms with Crippen LogP contribution in [0.2, 0.25) is 0 Å². The molecule has 26 heavy (non-hydrogen) atoms. The van der Waals surface area contributed by atoms with E-state index in [0.29, 0.717) is 5.75 Å². The van der Waals surface area contributed by atoms with E-state index >= 15 is 0 Å². The van der Waals surface area contributed by atoms with Gasteiger partial charge in [-0.15, -0.1) is 13.2 Å². The van der Waals surface area contributed by atoms with E-state index in [2.05, 4.69) is 4.74 Å². The van der Waals surface area contributed by atoms with Crippen molar-refractivity contribution in [1.82, 2.24) is 0 Å². The lowest BCUT2D eigenvalue weighted by atomic mass is 10.1. The van der Waals surface area contributed by atoms with Crippen molar-refractivity contribution in [3.8, 4) is 11.5 Å². The highest BCUT2D eigenvalue weighted by atomic mass is 19.4. The highest BCUT2D eigenvalue weighted by Crippen LogP contribution is 2.33. The summed E-state index contributed by atoms with van der Waals surface area (Å²) in [5.41, 5.74) is 1.19. The van der Waals surface area contributed by atoms with Crippen molar-refractivity contribution in [3.05, 3.63) is 53.6 Å². The number of aryl methyl sites for hydroxylation is 1. The van der Waals surface area contributed by atoms with E-state index in [4.69, 9.17) is 4.74 Å². The number of rotatable bonds is 5. The van der Waals surface area contributed by atoms with Crippen LogP contribution < -0.4 is 14.4 Å². The van der Waals surface area contributed by atoms with Gasteiger partial charge in [-0.05, 0) is 37.3 Å². The second-order valence-corrected chi connectivity index (χ2v) is 5.67. The molecular weight excluding hydrogens is 351 g/mol. The number of hydrogen-bond donors (Lipinski definition) is 0. The summed E-state index contributed by atoms with van der Waals surface area (Å²) in [7, 11) is 0. The molecule has 0 saturated heterocycles. The Morgan fingerprint density at radius 1 is 1.00 bits per heavy atom. The zero-order chi connectivity index (χ0) is 18.9. The van der Waals surface area contributed by atoms with Gasteiger partial charge in [-0.25, -0.2) is 0 Å². The average Bonchev–Trinajstić information content (AvgIpc) is 2.80. The summed E-state index contributed by atoms with van der Waals surface area (Å²) in [6.45, 7) is 2.15. The highest BCUT2D eigenvalue weighted by Gasteiger charge is 2.37. The van der Waals surface area contributed by atoms with Crippen LogP contribution in [0.4, 0.5) is 18.9 Å². The number of hydrogen-bond acceptors (Lipinski definition) is 4. The van der Waals surface area contributed by atoms with E-state index in [1.165, 1.54) is 11.0 Å². The van der Waals surface area contributed by atoms with Crippen LogP contribution in [0.5, 0.6) is 11.5 Å². The molecule has 0 radical (unpaired) electrons. The zero-order valence-corrected chi connectivity index (χ0v) is 13.7. The lowest BCUT2D eigenvalue weighted by molar-refractivity contribution is -0.274. The molecule has 0 spiro atoms. The summed E-state index contributed by atoms with van der Waals surface area (Å²) < 4.78 is 46.2. The monoisotopic (exact) mass is 365 g/mol. The second kappa shape index (κ2) is 6.70. The first kappa shape index (κ1) is 17.8. The lowest BCUT2D eigenvalue weighted by Crippen LogP contribution is -2.33. The van der Waals surface area contributed by atoms with Crippen LogP contribution in [0.15, 0.2) is 42.5 Å². The van der Waals surface area contributed by atoms with Crippen molar-refractivity contribution in [2.24, 2.45) is 0 Å². The molecule has 0 N–H and O–H groups in total. The molecule has 1 aliphatic rings. The van der Waals surface area contributed by atoms with E-state index in [9.17, 15) is 22.8 Å². The number of nitrogens with zero attached hydrogens (tertiary/aromatic N) is 1. The standard InChI is InChI=1S/C18H14F3NO4/c1-11-2-4-12(5-3-11)25-9-8-22-15-7-6-13(26-18(19,20)21)10-14(15)16(23)17(22)24/h2-7,10H,8-9H2,1H3. The fourth-order valence-corrected chi connectivity index (χ4v) is 2.59. The van der Waals surface area contributed by atoms with E-state index < -0.39 is 23.8 Å². The number of amides is 1. The van der Waals surface area contributed by atoms with Crippen molar-refractivity contribution in [2.75, 3.05) is 18.1 Å². The van der Waals surface area contributed by atoms with Crippen molar-refractivity contribution < 1.29 is 32.2 Å². The molecular formula is C18H14F3NO4. The molecule has 5 nitrogen and oxygen atoms in total. The minimum Gasteiger partial charge on any atom is -0.492 e. The predicted molar refractivity (Wildman–Crippen MR) is 86.5 cm³/mol. The summed E-state index contributed by atoms with van der Waals surface area (Å²) >= 11 is 0. The Kier molecular flexibility index (Phi) is 4.58. The second-order valence-electron chi connectivity index (χ2n) is 5.67. The highest BCUT2D eigenvalue weighted by molar-refractivity contribution is 6.52. The lowest BCUT2D eigenvalue weighted by Gasteiger charge is -2.17. The SMILES string of the molecule is Cc1ccc(OCCN2C(=O)C(=O)c3cc(OC(F)(F)F)ccc32)cc1. The molecule has 0 saturated carbocycles. The number of anilines is 1. The average molecular weight is 365 g/mol. The molecule has 0 aromatic heterocycles. The third-order valence-corrected chi connectivity index (χ3v) is 3.78. The Labute approximate surface area is 146 Å². The molecule has 1 heterocycles. The Hall–Kier alpha value is -3.03. The fraction of sp³-hybridized carbons (Fsp3) is 0.222. The summed E-state index contributed by atoms with van der Waals surface area (Å²) in [6, 6.07) is 10.5. The molecule has 0 aliphatic carbocycles. The van der Waals surface area contributed by atoms with Gasteiger partial charge in [0.2, 0.25) is 0 Å². The number of alkyl halides is 3. The minimum atomic E-state index is -4.87. The minimum absolute atomic E-state index is 0.0882. The predicted octanol–water partition coefficient (Wildman–Crippen LogP) is 3.50. The van der Waals surface area contributed by atoms with Crippen LogP contribution in [-0.4, -0.2) is 31.2 Å². The smallest absolute Gasteiger partial charge is 0.492 e. The summed E-state index contributed by atoms with van der Waals surface area (Å²) in [5, 5.41) is 0. The van der Waals surface area contributed by atoms with Crippen LogP contribution in [-0.2, 0) is 4.79 Å². The van der Waals surface area contributed by atoms with E-state index in [1.807, 2.05) is 19.1 Å². The Morgan fingerprint density at radius 3 is 2.31 bits per heavy atom. The maximum Gasteiger partial charge on any atom is 0.573 e. The molecule has 0 fully saturated rings. The third-order valence-electron chi connectivity index (χ3n) is 3.78. The first-order valence-electron chi connectivity index (χ1n) is 7.70. The van der Waals surface area contributed by atoms with E-state index in [-0.39, 0.29) is 24.4 Å². The first-order valence-corrected chi connectivity index (χ1v) is 7.70. The van der Waals surface area contributed by atoms with Crippen LogP contribution in [0.3, 0.4) is 0 Å². The van der Waals surface area contributed by atoms with Crippen LogP contribution in [0, 0.1) is 6.92 Å².